The topological polar surface area (TPSA) is 50.7 Å². The van der Waals surface area contributed by atoms with Crippen LogP contribution in [0.4, 0.5) is 18.0 Å². The lowest BCUT2D eigenvalue weighted by Gasteiger charge is -2.21. The first-order chi connectivity index (χ1) is 8.79. The molecule has 1 aliphatic heterocycles. The van der Waals surface area contributed by atoms with Crippen molar-refractivity contribution in [2.24, 2.45) is 5.10 Å². The molecule has 1 amide bonds. The first-order valence-electron chi connectivity index (χ1n) is 5.20. The second kappa shape index (κ2) is 4.73. The number of hydrogen-bond acceptors (Lipinski definition) is 3. The molecule has 1 aliphatic rings. The average Bonchev–Trinajstić information content (AvgIpc) is 2.29. The number of cyclic esters (lactones) is 1. The van der Waals surface area contributed by atoms with Crippen molar-refractivity contribution in [3.05, 3.63) is 34.3 Å². The number of nitrogens with one attached hydrogen (secondary N) is 1. The van der Waals surface area contributed by atoms with Crippen LogP contribution in [0.1, 0.15) is 18.1 Å². The molecule has 0 spiro atoms. The summed E-state index contributed by atoms with van der Waals surface area (Å²) >= 11 is 5.52. The Labute approximate surface area is 111 Å². The summed E-state index contributed by atoms with van der Waals surface area (Å²) in [5.74, 6) is 0. The van der Waals surface area contributed by atoms with E-state index in [2.05, 4.69) is 5.10 Å². The first kappa shape index (κ1) is 13.7. The van der Waals surface area contributed by atoms with Gasteiger partial charge in [-0.1, -0.05) is 17.7 Å². The standard InChI is InChI=1S/C11H8ClF3N2O2/c1-5-9(16-17-10(18)19-5)6-2-3-8(12)7(4-6)11(13,14)15/h2-5H,1H3,(H,17,18)/t5-/m0/s1. The van der Waals surface area contributed by atoms with Gasteiger partial charge in [-0.15, -0.1) is 0 Å². The molecular formula is C11H8ClF3N2O2. The lowest BCUT2D eigenvalue weighted by Crippen LogP contribution is -2.37. The number of halogens is 4. The Bertz CT molecular complexity index is 557. The van der Waals surface area contributed by atoms with Gasteiger partial charge in [0.1, 0.15) is 11.8 Å². The molecule has 0 bridgehead atoms. The lowest BCUT2D eigenvalue weighted by atomic mass is 10.0. The summed E-state index contributed by atoms with van der Waals surface area (Å²) in [5.41, 5.74) is 1.47. The maximum atomic E-state index is 12.7. The highest BCUT2D eigenvalue weighted by Gasteiger charge is 2.34. The van der Waals surface area contributed by atoms with Crippen molar-refractivity contribution in [1.82, 2.24) is 5.43 Å². The van der Waals surface area contributed by atoms with Crippen LogP contribution < -0.4 is 5.43 Å². The Kier molecular flexibility index (Phi) is 3.40. The number of carbonyl (C=O) groups is 1. The second-order valence-corrected chi connectivity index (χ2v) is 4.26. The molecule has 1 heterocycles. The van der Waals surface area contributed by atoms with Gasteiger partial charge in [0, 0.05) is 5.56 Å². The number of carbonyl (C=O) groups excluding carboxylic acids is 1. The third kappa shape index (κ3) is 2.81. The van der Waals surface area contributed by atoms with Crippen LogP contribution in [0.25, 0.3) is 0 Å². The number of alkyl halides is 3. The third-order valence-electron chi connectivity index (χ3n) is 2.50. The smallest absolute Gasteiger partial charge is 0.428 e. The van der Waals surface area contributed by atoms with Crippen molar-refractivity contribution in [1.29, 1.82) is 0 Å². The molecule has 0 saturated heterocycles. The summed E-state index contributed by atoms with van der Waals surface area (Å²) < 4.78 is 43.0. The third-order valence-corrected chi connectivity index (χ3v) is 2.83. The molecule has 1 atom stereocenters. The van der Waals surface area contributed by atoms with Crippen LogP contribution in [0, 0.1) is 0 Å². The van der Waals surface area contributed by atoms with E-state index in [1.807, 2.05) is 5.43 Å². The number of amides is 1. The van der Waals surface area contributed by atoms with Gasteiger partial charge in [-0.25, -0.2) is 10.2 Å². The summed E-state index contributed by atoms with van der Waals surface area (Å²) in [7, 11) is 0. The van der Waals surface area contributed by atoms with Crippen molar-refractivity contribution >= 4 is 23.4 Å². The largest absolute Gasteiger partial charge is 0.439 e. The van der Waals surface area contributed by atoms with E-state index in [0.29, 0.717) is 0 Å². The number of ether oxygens (including phenoxy) is 1. The summed E-state index contributed by atoms with van der Waals surface area (Å²) in [6.45, 7) is 1.51. The fourth-order valence-electron chi connectivity index (χ4n) is 1.64. The minimum absolute atomic E-state index is 0.184. The maximum Gasteiger partial charge on any atom is 0.428 e. The fourth-order valence-corrected chi connectivity index (χ4v) is 1.87. The molecular weight excluding hydrogens is 285 g/mol. The van der Waals surface area contributed by atoms with E-state index < -0.39 is 29.0 Å². The molecule has 19 heavy (non-hydrogen) atoms. The first-order valence-corrected chi connectivity index (χ1v) is 5.58. The molecule has 0 saturated carbocycles. The zero-order valence-electron chi connectivity index (χ0n) is 9.58. The Morgan fingerprint density at radius 1 is 1.42 bits per heavy atom. The minimum atomic E-state index is -4.56. The van der Waals surface area contributed by atoms with Gasteiger partial charge in [-0.3, -0.25) is 0 Å². The SMILES string of the molecule is C[C@@H]1OC(=O)NN=C1c1ccc(Cl)c(C(F)(F)F)c1. The van der Waals surface area contributed by atoms with Crippen LogP contribution in [0.5, 0.6) is 0 Å². The van der Waals surface area contributed by atoms with Crippen molar-refractivity contribution in [2.45, 2.75) is 19.2 Å². The van der Waals surface area contributed by atoms with Crippen LogP contribution >= 0.6 is 11.6 Å². The predicted molar refractivity (Wildman–Crippen MR) is 62.1 cm³/mol. The number of benzene rings is 1. The van der Waals surface area contributed by atoms with Gasteiger partial charge < -0.3 is 4.74 Å². The second-order valence-electron chi connectivity index (χ2n) is 3.85. The highest BCUT2D eigenvalue weighted by molar-refractivity contribution is 6.31. The molecule has 0 unspecified atom stereocenters. The van der Waals surface area contributed by atoms with Gasteiger partial charge in [0.15, 0.2) is 0 Å². The highest BCUT2D eigenvalue weighted by atomic mass is 35.5. The Morgan fingerprint density at radius 3 is 2.68 bits per heavy atom. The van der Waals surface area contributed by atoms with Crippen molar-refractivity contribution in [3.8, 4) is 0 Å². The Balaban J connectivity index is 2.45. The molecule has 0 fully saturated rings. The number of hydrazone groups is 1. The van der Waals surface area contributed by atoms with Gasteiger partial charge in [0.2, 0.25) is 0 Å². The van der Waals surface area contributed by atoms with Gasteiger partial charge >= 0.3 is 12.3 Å². The molecule has 1 aromatic rings. The van der Waals surface area contributed by atoms with Crippen molar-refractivity contribution < 1.29 is 22.7 Å². The number of nitrogens with zero attached hydrogens (tertiary/aromatic N) is 1. The van der Waals surface area contributed by atoms with Gasteiger partial charge in [0.25, 0.3) is 0 Å². The van der Waals surface area contributed by atoms with Crippen LogP contribution in [-0.2, 0) is 10.9 Å². The molecule has 0 aliphatic carbocycles. The molecule has 4 nitrogen and oxygen atoms in total. The Morgan fingerprint density at radius 2 is 2.11 bits per heavy atom. The van der Waals surface area contributed by atoms with E-state index >= 15 is 0 Å². The van der Waals surface area contributed by atoms with Crippen LogP contribution in [0.2, 0.25) is 5.02 Å². The zero-order chi connectivity index (χ0) is 14.2. The van der Waals surface area contributed by atoms with E-state index in [1.165, 1.54) is 13.0 Å². The minimum Gasteiger partial charge on any atom is -0.439 e. The Hall–Kier alpha value is -1.76. The van der Waals surface area contributed by atoms with E-state index in [4.69, 9.17) is 16.3 Å². The monoisotopic (exact) mass is 292 g/mol. The van der Waals surface area contributed by atoms with Gasteiger partial charge in [0.05, 0.1) is 10.6 Å². The quantitative estimate of drug-likeness (QED) is 0.864. The molecule has 0 aromatic heterocycles. The van der Waals surface area contributed by atoms with E-state index in [9.17, 15) is 18.0 Å². The normalized spacial score (nSPS) is 19.5. The van der Waals surface area contributed by atoms with Gasteiger partial charge in [-0.2, -0.15) is 18.3 Å². The van der Waals surface area contributed by atoms with E-state index in [0.717, 1.165) is 12.1 Å². The fraction of sp³-hybridized carbons (Fsp3) is 0.273. The summed E-state index contributed by atoms with van der Waals surface area (Å²) in [4.78, 5) is 10.9. The van der Waals surface area contributed by atoms with Crippen LogP contribution in [0.15, 0.2) is 23.3 Å². The number of rotatable bonds is 1. The van der Waals surface area contributed by atoms with Crippen molar-refractivity contribution in [2.75, 3.05) is 0 Å². The molecule has 0 radical (unpaired) electrons. The molecule has 1 aromatic carbocycles. The van der Waals surface area contributed by atoms with Crippen molar-refractivity contribution in [3.63, 3.8) is 0 Å². The van der Waals surface area contributed by atoms with Gasteiger partial charge in [-0.05, 0) is 19.1 Å². The van der Waals surface area contributed by atoms with Crippen LogP contribution in [-0.4, -0.2) is 17.9 Å². The maximum absolute atomic E-state index is 12.7. The molecule has 8 heteroatoms. The molecule has 1 N–H and O–H groups in total. The number of hydrogen-bond donors (Lipinski definition) is 1. The lowest BCUT2D eigenvalue weighted by molar-refractivity contribution is -0.137. The van der Waals surface area contributed by atoms with Crippen LogP contribution in [0.3, 0.4) is 0 Å². The van der Waals surface area contributed by atoms with E-state index in [1.54, 1.807) is 0 Å². The molecule has 2 rings (SSSR count). The highest BCUT2D eigenvalue weighted by Crippen LogP contribution is 2.35. The summed E-state index contributed by atoms with van der Waals surface area (Å²) in [6, 6.07) is 3.39. The molecule has 102 valence electrons. The average molecular weight is 293 g/mol. The zero-order valence-corrected chi connectivity index (χ0v) is 10.3. The summed E-state index contributed by atoms with van der Waals surface area (Å²) in [5, 5.41) is 3.30. The predicted octanol–water partition coefficient (Wildman–Crippen LogP) is 3.19. The summed E-state index contributed by atoms with van der Waals surface area (Å²) in [6.07, 6.45) is -6.05. The van der Waals surface area contributed by atoms with E-state index in [-0.39, 0.29) is 11.3 Å².